The fourth-order valence-electron chi connectivity index (χ4n) is 1.79. The lowest BCUT2D eigenvalue weighted by molar-refractivity contribution is 0.103. The van der Waals surface area contributed by atoms with E-state index >= 15 is 0 Å². The van der Waals surface area contributed by atoms with E-state index < -0.39 is 0 Å². The van der Waals surface area contributed by atoms with Gasteiger partial charge in [-0.15, -0.1) is 0 Å². The molecule has 0 saturated heterocycles. The van der Waals surface area contributed by atoms with Gasteiger partial charge in [-0.3, -0.25) is 4.79 Å². The molecule has 0 bridgehead atoms. The third-order valence-electron chi connectivity index (χ3n) is 2.87. The van der Waals surface area contributed by atoms with E-state index in [-0.39, 0.29) is 5.78 Å². The Hall–Kier alpha value is -1.32. The summed E-state index contributed by atoms with van der Waals surface area (Å²) < 4.78 is 5.82. The van der Waals surface area contributed by atoms with Crippen LogP contribution in [0, 0.1) is 6.92 Å². The number of benzene rings is 2. The highest BCUT2D eigenvalue weighted by Crippen LogP contribution is 2.27. The summed E-state index contributed by atoms with van der Waals surface area (Å²) in [6.45, 7) is 1.89. The van der Waals surface area contributed by atoms with Crippen LogP contribution < -0.4 is 4.74 Å². The van der Waals surface area contributed by atoms with Gasteiger partial charge in [0.2, 0.25) is 0 Å². The van der Waals surface area contributed by atoms with E-state index in [0.29, 0.717) is 26.4 Å². The van der Waals surface area contributed by atoms with Crippen LogP contribution in [-0.4, -0.2) is 12.9 Å². The molecule has 4 heteroatoms. The molecular weight excluding hydrogens is 328 g/mol. The molecule has 0 unspecified atom stereocenters. The molecule has 0 aromatic heterocycles. The quantitative estimate of drug-likeness (QED) is 0.761. The van der Waals surface area contributed by atoms with Gasteiger partial charge in [-0.05, 0) is 58.7 Å². The van der Waals surface area contributed by atoms with Crippen molar-refractivity contribution in [2.24, 2.45) is 0 Å². The molecule has 0 fully saturated rings. The molecule has 19 heavy (non-hydrogen) atoms. The van der Waals surface area contributed by atoms with E-state index in [0.717, 1.165) is 5.56 Å². The second kappa shape index (κ2) is 5.76. The fraction of sp³-hybridized carbons (Fsp3) is 0.133. The van der Waals surface area contributed by atoms with Crippen molar-refractivity contribution in [2.75, 3.05) is 7.11 Å². The number of ether oxygens (including phenoxy) is 1. The van der Waals surface area contributed by atoms with Crippen LogP contribution in [0.2, 0.25) is 5.02 Å². The Labute approximate surface area is 125 Å². The second-order valence-electron chi connectivity index (χ2n) is 4.13. The molecule has 2 aromatic carbocycles. The smallest absolute Gasteiger partial charge is 0.194 e. The Morgan fingerprint density at radius 3 is 2.53 bits per heavy atom. The molecule has 2 aromatic rings. The summed E-state index contributed by atoms with van der Waals surface area (Å²) in [5.41, 5.74) is 2.10. The number of rotatable bonds is 3. The number of hydrogen-bond donors (Lipinski definition) is 0. The number of carbonyl (C=O) groups is 1. The zero-order chi connectivity index (χ0) is 14.0. The Balaban J connectivity index is 2.47. The zero-order valence-corrected chi connectivity index (χ0v) is 12.9. The molecule has 2 rings (SSSR count). The average molecular weight is 340 g/mol. The van der Waals surface area contributed by atoms with Crippen LogP contribution in [-0.2, 0) is 0 Å². The number of ketones is 1. The molecule has 0 atom stereocenters. The molecule has 0 aliphatic carbocycles. The van der Waals surface area contributed by atoms with Gasteiger partial charge in [0.15, 0.2) is 5.78 Å². The van der Waals surface area contributed by atoms with Crippen molar-refractivity contribution in [3.8, 4) is 5.75 Å². The Morgan fingerprint density at radius 2 is 1.89 bits per heavy atom. The number of carbonyl (C=O) groups excluding carboxylic acids is 1. The third kappa shape index (κ3) is 2.99. The highest BCUT2D eigenvalue weighted by molar-refractivity contribution is 9.10. The summed E-state index contributed by atoms with van der Waals surface area (Å²) in [6.07, 6.45) is 0. The summed E-state index contributed by atoms with van der Waals surface area (Å²) in [7, 11) is 1.59. The van der Waals surface area contributed by atoms with Crippen LogP contribution in [0.1, 0.15) is 21.5 Å². The maximum Gasteiger partial charge on any atom is 0.194 e. The molecule has 0 spiro atoms. The Kier molecular flexibility index (Phi) is 4.27. The van der Waals surface area contributed by atoms with Gasteiger partial charge in [0.05, 0.1) is 7.11 Å². The number of methoxy groups -OCH3 is 1. The van der Waals surface area contributed by atoms with Crippen molar-refractivity contribution >= 4 is 33.3 Å². The normalized spacial score (nSPS) is 10.3. The highest BCUT2D eigenvalue weighted by Gasteiger charge is 2.15. The minimum absolute atomic E-state index is 0.0606. The first-order chi connectivity index (χ1) is 9.02. The SMILES string of the molecule is COc1ccc(C(=O)c2cc(Cl)ccc2C)c(Br)c1. The van der Waals surface area contributed by atoms with Crippen LogP contribution in [0.15, 0.2) is 40.9 Å². The van der Waals surface area contributed by atoms with Crippen molar-refractivity contribution in [3.63, 3.8) is 0 Å². The first-order valence-corrected chi connectivity index (χ1v) is 6.84. The molecule has 98 valence electrons. The standard InChI is InChI=1S/C15H12BrClO2/c1-9-3-4-10(17)7-13(9)15(18)12-6-5-11(19-2)8-14(12)16/h3-8H,1-2H3. The second-order valence-corrected chi connectivity index (χ2v) is 5.42. The third-order valence-corrected chi connectivity index (χ3v) is 3.76. The summed E-state index contributed by atoms with van der Waals surface area (Å²) in [4.78, 5) is 12.5. The lowest BCUT2D eigenvalue weighted by Crippen LogP contribution is -2.04. The van der Waals surface area contributed by atoms with Gasteiger partial charge in [-0.1, -0.05) is 17.7 Å². The first-order valence-electron chi connectivity index (χ1n) is 5.67. The average Bonchev–Trinajstić information content (AvgIpc) is 2.40. The first kappa shape index (κ1) is 14.1. The minimum atomic E-state index is -0.0606. The Morgan fingerprint density at radius 1 is 1.16 bits per heavy atom. The van der Waals surface area contributed by atoms with Crippen molar-refractivity contribution in [2.45, 2.75) is 6.92 Å². The van der Waals surface area contributed by atoms with Gasteiger partial charge in [0, 0.05) is 20.6 Å². The number of halogens is 2. The maximum absolute atomic E-state index is 12.5. The van der Waals surface area contributed by atoms with Crippen LogP contribution in [0.3, 0.4) is 0 Å². The molecule has 0 N–H and O–H groups in total. The predicted octanol–water partition coefficient (Wildman–Crippen LogP) is 4.65. The minimum Gasteiger partial charge on any atom is -0.497 e. The fourth-order valence-corrected chi connectivity index (χ4v) is 2.50. The molecular formula is C15H12BrClO2. The molecule has 0 radical (unpaired) electrons. The van der Waals surface area contributed by atoms with Crippen LogP contribution >= 0.6 is 27.5 Å². The summed E-state index contributed by atoms with van der Waals surface area (Å²) in [6, 6.07) is 10.6. The Bertz CT molecular complexity index is 638. The molecule has 0 saturated carbocycles. The van der Waals surface area contributed by atoms with E-state index in [2.05, 4.69) is 15.9 Å². The van der Waals surface area contributed by atoms with E-state index in [9.17, 15) is 4.79 Å². The summed E-state index contributed by atoms with van der Waals surface area (Å²) >= 11 is 9.35. The van der Waals surface area contributed by atoms with Gasteiger partial charge in [-0.2, -0.15) is 0 Å². The van der Waals surface area contributed by atoms with E-state index in [1.54, 1.807) is 37.4 Å². The van der Waals surface area contributed by atoms with Crippen LogP contribution in [0.5, 0.6) is 5.75 Å². The molecule has 0 heterocycles. The molecule has 0 amide bonds. The number of aryl methyl sites for hydroxylation is 1. The topological polar surface area (TPSA) is 26.3 Å². The van der Waals surface area contributed by atoms with Crippen molar-refractivity contribution in [1.82, 2.24) is 0 Å². The molecule has 0 aliphatic heterocycles. The summed E-state index contributed by atoms with van der Waals surface area (Å²) in [5, 5.41) is 0.554. The van der Waals surface area contributed by atoms with Gasteiger partial charge in [0.1, 0.15) is 5.75 Å². The largest absolute Gasteiger partial charge is 0.497 e. The van der Waals surface area contributed by atoms with Crippen molar-refractivity contribution in [3.05, 3.63) is 62.6 Å². The van der Waals surface area contributed by atoms with Gasteiger partial charge < -0.3 is 4.74 Å². The van der Waals surface area contributed by atoms with E-state index in [1.165, 1.54) is 0 Å². The summed E-state index contributed by atoms with van der Waals surface area (Å²) in [5.74, 6) is 0.640. The maximum atomic E-state index is 12.5. The lowest BCUT2D eigenvalue weighted by Gasteiger charge is -2.08. The molecule has 2 nitrogen and oxygen atoms in total. The van der Waals surface area contributed by atoms with Crippen molar-refractivity contribution in [1.29, 1.82) is 0 Å². The van der Waals surface area contributed by atoms with E-state index in [4.69, 9.17) is 16.3 Å². The van der Waals surface area contributed by atoms with Gasteiger partial charge in [-0.25, -0.2) is 0 Å². The molecule has 0 aliphatic rings. The number of hydrogen-bond acceptors (Lipinski definition) is 2. The van der Waals surface area contributed by atoms with Crippen molar-refractivity contribution < 1.29 is 9.53 Å². The highest BCUT2D eigenvalue weighted by atomic mass is 79.9. The van der Waals surface area contributed by atoms with Crippen LogP contribution in [0.4, 0.5) is 0 Å². The lowest BCUT2D eigenvalue weighted by atomic mass is 9.99. The van der Waals surface area contributed by atoms with E-state index in [1.807, 2.05) is 13.0 Å². The van der Waals surface area contributed by atoms with Crippen LogP contribution in [0.25, 0.3) is 0 Å². The van der Waals surface area contributed by atoms with Gasteiger partial charge >= 0.3 is 0 Å². The van der Waals surface area contributed by atoms with Gasteiger partial charge in [0.25, 0.3) is 0 Å². The monoisotopic (exact) mass is 338 g/mol. The zero-order valence-electron chi connectivity index (χ0n) is 10.5. The predicted molar refractivity (Wildman–Crippen MR) is 80.3 cm³/mol.